The maximum Gasteiger partial charge on any atom is 0.416 e. The third-order valence-corrected chi connectivity index (χ3v) is 5.11. The maximum absolute atomic E-state index is 12.9. The van der Waals surface area contributed by atoms with Gasteiger partial charge in [-0.2, -0.15) is 13.2 Å². The van der Waals surface area contributed by atoms with Gasteiger partial charge in [-0.05, 0) is 35.9 Å². The number of carbonyl (C=O) groups excluding carboxylic acids is 1. The van der Waals surface area contributed by atoms with Crippen molar-refractivity contribution in [3.8, 4) is 11.5 Å². The molecule has 0 radical (unpaired) electrons. The molecule has 2 aliphatic rings. The van der Waals surface area contributed by atoms with E-state index in [1.54, 1.807) is 4.90 Å². The van der Waals surface area contributed by atoms with E-state index >= 15 is 0 Å². The smallest absolute Gasteiger partial charge is 0.416 e. The van der Waals surface area contributed by atoms with Crippen LogP contribution in [0.1, 0.15) is 21.5 Å². The van der Waals surface area contributed by atoms with Crippen molar-refractivity contribution in [1.82, 2.24) is 9.80 Å². The standard InChI is InChI=1S/C21H21F3N2O3/c22-21(23,24)17-3-1-2-16(13-17)20(27)26-8-6-25(7-9-26)14-15-4-5-18-19(12-15)29-11-10-28-18/h1-5,12-13H,6-11,14H2. The van der Waals surface area contributed by atoms with Crippen LogP contribution in [0.25, 0.3) is 0 Å². The van der Waals surface area contributed by atoms with Gasteiger partial charge in [-0.15, -0.1) is 0 Å². The van der Waals surface area contributed by atoms with Gasteiger partial charge >= 0.3 is 6.18 Å². The fourth-order valence-electron chi connectivity index (χ4n) is 3.56. The van der Waals surface area contributed by atoms with E-state index in [2.05, 4.69) is 4.90 Å². The molecule has 1 amide bonds. The summed E-state index contributed by atoms with van der Waals surface area (Å²) in [5, 5.41) is 0. The van der Waals surface area contributed by atoms with Crippen LogP contribution in [0.5, 0.6) is 11.5 Å². The molecule has 1 fully saturated rings. The Labute approximate surface area is 166 Å². The predicted molar refractivity (Wildman–Crippen MR) is 100 cm³/mol. The number of halogens is 3. The summed E-state index contributed by atoms with van der Waals surface area (Å²) in [7, 11) is 0. The predicted octanol–water partition coefficient (Wildman–Crippen LogP) is 3.43. The van der Waals surface area contributed by atoms with Crippen LogP contribution in [-0.2, 0) is 12.7 Å². The Morgan fingerprint density at radius 1 is 0.931 bits per heavy atom. The Balaban J connectivity index is 1.35. The molecule has 0 N–H and O–H groups in total. The molecule has 0 aromatic heterocycles. The van der Waals surface area contributed by atoms with E-state index in [0.717, 1.165) is 29.2 Å². The van der Waals surface area contributed by atoms with Gasteiger partial charge in [-0.25, -0.2) is 0 Å². The van der Waals surface area contributed by atoms with Gasteiger partial charge < -0.3 is 14.4 Å². The molecule has 29 heavy (non-hydrogen) atoms. The molecule has 2 aromatic carbocycles. The molecule has 8 heteroatoms. The first kappa shape index (κ1) is 19.6. The Bertz CT molecular complexity index is 893. The quantitative estimate of drug-likeness (QED) is 0.783. The second-order valence-corrected chi connectivity index (χ2v) is 7.12. The molecular weight excluding hydrogens is 385 g/mol. The first-order valence-electron chi connectivity index (χ1n) is 9.47. The van der Waals surface area contributed by atoms with Gasteiger partial charge in [0.2, 0.25) is 0 Å². The van der Waals surface area contributed by atoms with E-state index in [1.165, 1.54) is 12.1 Å². The summed E-state index contributed by atoms with van der Waals surface area (Å²) < 4.78 is 49.8. The average molecular weight is 406 g/mol. The highest BCUT2D eigenvalue weighted by molar-refractivity contribution is 5.94. The van der Waals surface area contributed by atoms with E-state index in [4.69, 9.17) is 9.47 Å². The number of hydrogen-bond acceptors (Lipinski definition) is 4. The largest absolute Gasteiger partial charge is 0.486 e. The average Bonchev–Trinajstić information content (AvgIpc) is 2.73. The van der Waals surface area contributed by atoms with Crippen molar-refractivity contribution in [2.24, 2.45) is 0 Å². The number of hydrogen-bond donors (Lipinski definition) is 0. The van der Waals surface area contributed by atoms with Gasteiger partial charge in [-0.3, -0.25) is 9.69 Å². The second-order valence-electron chi connectivity index (χ2n) is 7.12. The SMILES string of the molecule is O=C(c1cccc(C(F)(F)F)c1)N1CCN(Cc2ccc3c(c2)OCCO3)CC1. The summed E-state index contributed by atoms with van der Waals surface area (Å²) in [5.74, 6) is 1.12. The number of nitrogens with zero attached hydrogens (tertiary/aromatic N) is 2. The number of ether oxygens (including phenoxy) is 2. The first-order valence-corrected chi connectivity index (χ1v) is 9.47. The van der Waals surface area contributed by atoms with Crippen LogP contribution in [0.4, 0.5) is 13.2 Å². The lowest BCUT2D eigenvalue weighted by atomic mass is 10.1. The zero-order valence-corrected chi connectivity index (χ0v) is 15.7. The number of fused-ring (bicyclic) bond motifs is 1. The van der Waals surface area contributed by atoms with Crippen molar-refractivity contribution in [1.29, 1.82) is 0 Å². The van der Waals surface area contributed by atoms with Gasteiger partial charge in [0, 0.05) is 38.3 Å². The lowest BCUT2D eigenvalue weighted by molar-refractivity contribution is -0.137. The summed E-state index contributed by atoms with van der Waals surface area (Å²) in [6, 6.07) is 10.5. The zero-order valence-electron chi connectivity index (χ0n) is 15.7. The van der Waals surface area contributed by atoms with Crippen molar-refractivity contribution in [3.63, 3.8) is 0 Å². The molecule has 0 bridgehead atoms. The van der Waals surface area contributed by atoms with E-state index in [-0.39, 0.29) is 11.5 Å². The minimum atomic E-state index is -4.46. The lowest BCUT2D eigenvalue weighted by Crippen LogP contribution is -2.48. The minimum absolute atomic E-state index is 0.0695. The van der Waals surface area contributed by atoms with Gasteiger partial charge in [0.05, 0.1) is 5.56 Å². The summed E-state index contributed by atoms with van der Waals surface area (Å²) in [6.45, 7) is 4.04. The van der Waals surface area contributed by atoms with Crippen LogP contribution >= 0.6 is 0 Å². The number of amides is 1. The minimum Gasteiger partial charge on any atom is -0.486 e. The second kappa shape index (κ2) is 7.94. The highest BCUT2D eigenvalue weighted by atomic mass is 19.4. The molecule has 2 aromatic rings. The Kier molecular flexibility index (Phi) is 5.36. The van der Waals surface area contributed by atoms with Crippen LogP contribution in [0, 0.1) is 0 Å². The van der Waals surface area contributed by atoms with E-state index in [9.17, 15) is 18.0 Å². The fourth-order valence-corrected chi connectivity index (χ4v) is 3.56. The summed E-state index contributed by atoms with van der Waals surface area (Å²) in [4.78, 5) is 16.4. The summed E-state index contributed by atoms with van der Waals surface area (Å²) in [5.41, 5.74) is 0.354. The van der Waals surface area contributed by atoms with Crippen molar-refractivity contribution < 1.29 is 27.4 Å². The molecule has 0 aliphatic carbocycles. The molecule has 0 spiro atoms. The van der Waals surface area contributed by atoms with E-state index in [1.807, 2.05) is 18.2 Å². The molecule has 4 rings (SSSR count). The van der Waals surface area contributed by atoms with Crippen LogP contribution in [0.3, 0.4) is 0 Å². The molecule has 0 saturated carbocycles. The molecule has 0 unspecified atom stereocenters. The van der Waals surface area contributed by atoms with Crippen molar-refractivity contribution in [2.45, 2.75) is 12.7 Å². The van der Waals surface area contributed by atoms with E-state index < -0.39 is 11.7 Å². The molecule has 0 atom stereocenters. The van der Waals surface area contributed by atoms with Crippen molar-refractivity contribution in [2.75, 3.05) is 39.4 Å². The molecule has 2 heterocycles. The highest BCUT2D eigenvalue weighted by Crippen LogP contribution is 2.31. The van der Waals surface area contributed by atoms with Gasteiger partial charge in [0.15, 0.2) is 11.5 Å². The lowest BCUT2D eigenvalue weighted by Gasteiger charge is -2.35. The monoisotopic (exact) mass is 406 g/mol. The van der Waals surface area contributed by atoms with Gasteiger partial charge in [0.1, 0.15) is 13.2 Å². The number of alkyl halides is 3. The van der Waals surface area contributed by atoms with Gasteiger partial charge in [-0.1, -0.05) is 12.1 Å². The first-order chi connectivity index (χ1) is 13.9. The van der Waals surface area contributed by atoms with Crippen molar-refractivity contribution in [3.05, 3.63) is 59.2 Å². The third kappa shape index (κ3) is 4.48. The molecule has 1 saturated heterocycles. The summed E-state index contributed by atoms with van der Waals surface area (Å²) >= 11 is 0. The molecule has 154 valence electrons. The number of benzene rings is 2. The van der Waals surface area contributed by atoms with Crippen molar-refractivity contribution >= 4 is 5.91 Å². The molecule has 2 aliphatic heterocycles. The number of carbonyl (C=O) groups is 1. The fraction of sp³-hybridized carbons (Fsp3) is 0.381. The molecule has 5 nitrogen and oxygen atoms in total. The summed E-state index contributed by atoms with van der Waals surface area (Å²) in [6.07, 6.45) is -4.46. The maximum atomic E-state index is 12.9. The normalized spacial score (nSPS) is 17.3. The van der Waals surface area contributed by atoms with Gasteiger partial charge in [0.25, 0.3) is 5.91 Å². The topological polar surface area (TPSA) is 42.0 Å². The van der Waals surface area contributed by atoms with Crippen LogP contribution in [0.15, 0.2) is 42.5 Å². The highest BCUT2D eigenvalue weighted by Gasteiger charge is 2.31. The zero-order chi connectivity index (χ0) is 20.4. The van der Waals surface area contributed by atoms with Crippen LogP contribution in [-0.4, -0.2) is 55.1 Å². The Morgan fingerprint density at radius 3 is 2.38 bits per heavy atom. The number of piperazine rings is 1. The Hall–Kier alpha value is -2.74. The molecular formula is C21H21F3N2O3. The van der Waals surface area contributed by atoms with Crippen LogP contribution in [0.2, 0.25) is 0 Å². The number of rotatable bonds is 3. The Morgan fingerprint density at radius 2 is 1.66 bits per heavy atom. The third-order valence-electron chi connectivity index (χ3n) is 5.11. The van der Waals surface area contributed by atoms with Crippen LogP contribution < -0.4 is 9.47 Å². The van der Waals surface area contributed by atoms with E-state index in [0.29, 0.717) is 45.9 Å².